The van der Waals surface area contributed by atoms with Gasteiger partial charge in [-0.15, -0.1) is 0 Å². The lowest BCUT2D eigenvalue weighted by Gasteiger charge is -2.64. The molecular formula is C15H22O3. The first-order valence-electron chi connectivity index (χ1n) is 7.09. The molecule has 0 N–H and O–H groups in total. The fourth-order valence-corrected chi connectivity index (χ4v) is 4.92. The molecule has 0 radical (unpaired) electrons. The number of ether oxygens (including phenoxy) is 1. The third kappa shape index (κ3) is 1.29. The van der Waals surface area contributed by atoms with Gasteiger partial charge in [0.1, 0.15) is 11.6 Å². The normalized spacial score (nSPS) is 52.1. The molecule has 1 heterocycles. The van der Waals surface area contributed by atoms with Crippen molar-refractivity contribution in [3.8, 4) is 0 Å². The minimum Gasteiger partial charge on any atom is -0.374 e. The molecule has 0 aromatic rings. The minimum atomic E-state index is -0.354. The van der Waals surface area contributed by atoms with Crippen molar-refractivity contribution in [2.24, 2.45) is 23.2 Å². The number of ketones is 2. The lowest BCUT2D eigenvalue weighted by Crippen LogP contribution is -2.68. The standard InChI is InChI=1S/C15H22O3/c1-9-8-18-15-5-4-12(17)13(9)14(15,3)10(2)6-11(16)7-15/h9-10,13H,4-8H2,1-3H3/t9-,10+,13+,14+,15+/m1/s1. The van der Waals surface area contributed by atoms with Crippen molar-refractivity contribution in [3.63, 3.8) is 0 Å². The average Bonchev–Trinajstić information content (AvgIpc) is 2.28. The van der Waals surface area contributed by atoms with Gasteiger partial charge in [-0.3, -0.25) is 9.59 Å². The predicted molar refractivity (Wildman–Crippen MR) is 67.1 cm³/mol. The van der Waals surface area contributed by atoms with Crippen LogP contribution in [0.3, 0.4) is 0 Å². The molecule has 0 unspecified atom stereocenters. The maximum Gasteiger partial charge on any atom is 0.137 e. The van der Waals surface area contributed by atoms with Crippen molar-refractivity contribution < 1.29 is 14.3 Å². The molecule has 5 atom stereocenters. The summed E-state index contributed by atoms with van der Waals surface area (Å²) in [6.07, 6.45) is 2.45. The van der Waals surface area contributed by atoms with Gasteiger partial charge < -0.3 is 4.74 Å². The Hall–Kier alpha value is -0.700. The van der Waals surface area contributed by atoms with Gasteiger partial charge in [0, 0.05) is 30.6 Å². The van der Waals surface area contributed by atoms with Gasteiger partial charge in [0.25, 0.3) is 0 Å². The van der Waals surface area contributed by atoms with Crippen LogP contribution in [0.4, 0.5) is 0 Å². The van der Waals surface area contributed by atoms with E-state index in [0.717, 1.165) is 6.42 Å². The summed E-state index contributed by atoms with van der Waals surface area (Å²) >= 11 is 0. The second-order valence-corrected chi connectivity index (χ2v) is 6.83. The maximum atomic E-state index is 12.4. The van der Waals surface area contributed by atoms with E-state index in [-0.39, 0.29) is 28.8 Å². The van der Waals surface area contributed by atoms with Crippen LogP contribution in [0, 0.1) is 23.2 Å². The molecule has 18 heavy (non-hydrogen) atoms. The first-order valence-corrected chi connectivity index (χ1v) is 7.09. The summed E-state index contributed by atoms with van der Waals surface area (Å²) in [6, 6.07) is 0. The highest BCUT2D eigenvalue weighted by atomic mass is 16.5. The predicted octanol–water partition coefficient (Wildman–Crippen LogP) is 2.38. The van der Waals surface area contributed by atoms with E-state index >= 15 is 0 Å². The van der Waals surface area contributed by atoms with Crippen molar-refractivity contribution in [2.75, 3.05) is 6.61 Å². The van der Waals surface area contributed by atoms with Crippen molar-refractivity contribution in [1.82, 2.24) is 0 Å². The van der Waals surface area contributed by atoms with E-state index in [4.69, 9.17) is 4.74 Å². The highest BCUT2D eigenvalue weighted by Gasteiger charge is 2.66. The summed E-state index contributed by atoms with van der Waals surface area (Å²) < 4.78 is 6.17. The molecule has 0 aromatic carbocycles. The molecule has 2 saturated carbocycles. The molecule has 2 bridgehead atoms. The van der Waals surface area contributed by atoms with Crippen LogP contribution in [0.5, 0.6) is 0 Å². The molecular weight excluding hydrogens is 228 g/mol. The summed E-state index contributed by atoms with van der Waals surface area (Å²) in [7, 11) is 0. The van der Waals surface area contributed by atoms with Gasteiger partial charge >= 0.3 is 0 Å². The van der Waals surface area contributed by atoms with Gasteiger partial charge in [-0.25, -0.2) is 0 Å². The van der Waals surface area contributed by atoms with Crippen molar-refractivity contribution in [1.29, 1.82) is 0 Å². The second kappa shape index (κ2) is 3.66. The van der Waals surface area contributed by atoms with Crippen molar-refractivity contribution >= 4 is 11.6 Å². The van der Waals surface area contributed by atoms with E-state index < -0.39 is 0 Å². The molecule has 3 fully saturated rings. The second-order valence-electron chi connectivity index (χ2n) is 6.83. The number of rotatable bonds is 0. The highest BCUT2D eigenvalue weighted by molar-refractivity contribution is 5.87. The van der Waals surface area contributed by atoms with Crippen LogP contribution in [0.15, 0.2) is 0 Å². The minimum absolute atomic E-state index is 0.0862. The monoisotopic (exact) mass is 250 g/mol. The summed E-state index contributed by atoms with van der Waals surface area (Å²) in [6.45, 7) is 7.07. The fraction of sp³-hybridized carbons (Fsp3) is 0.867. The fourth-order valence-electron chi connectivity index (χ4n) is 4.92. The van der Waals surface area contributed by atoms with Gasteiger partial charge in [-0.1, -0.05) is 20.8 Å². The van der Waals surface area contributed by atoms with Crippen LogP contribution in [0.1, 0.15) is 46.5 Å². The summed E-state index contributed by atoms with van der Waals surface area (Å²) in [5.41, 5.74) is -0.499. The number of carbonyl (C=O) groups is 2. The van der Waals surface area contributed by atoms with Crippen LogP contribution >= 0.6 is 0 Å². The lowest BCUT2D eigenvalue weighted by atomic mass is 9.45. The van der Waals surface area contributed by atoms with Crippen molar-refractivity contribution in [3.05, 3.63) is 0 Å². The molecule has 3 nitrogen and oxygen atoms in total. The van der Waals surface area contributed by atoms with E-state index in [0.29, 0.717) is 37.4 Å². The SMILES string of the molecule is C[C@@H]1CO[C@]23CCC(=O)[C@H]1[C@]2(C)[C@@H](C)CC(=O)C3. The zero-order chi connectivity index (χ0) is 13.1. The van der Waals surface area contributed by atoms with E-state index in [1.807, 2.05) is 0 Å². The Labute approximate surface area is 108 Å². The smallest absolute Gasteiger partial charge is 0.137 e. The highest BCUT2D eigenvalue weighted by Crippen LogP contribution is 2.62. The van der Waals surface area contributed by atoms with Crippen LogP contribution in [0.25, 0.3) is 0 Å². The third-order valence-electron chi connectivity index (χ3n) is 5.98. The van der Waals surface area contributed by atoms with Crippen molar-refractivity contribution in [2.45, 2.75) is 52.1 Å². The zero-order valence-electron chi connectivity index (χ0n) is 11.5. The quantitative estimate of drug-likeness (QED) is 0.663. The third-order valence-corrected chi connectivity index (χ3v) is 5.98. The Morgan fingerprint density at radius 2 is 2.00 bits per heavy atom. The van der Waals surface area contributed by atoms with Crippen LogP contribution < -0.4 is 0 Å². The summed E-state index contributed by atoms with van der Waals surface area (Å²) in [5, 5.41) is 0. The first kappa shape index (κ1) is 12.3. The molecule has 1 saturated heterocycles. The first-order chi connectivity index (χ1) is 8.41. The summed E-state index contributed by atoms with van der Waals surface area (Å²) in [5.74, 6) is 1.32. The number of carbonyl (C=O) groups excluding carboxylic acids is 2. The van der Waals surface area contributed by atoms with E-state index in [1.165, 1.54) is 0 Å². The number of Topliss-reactive ketones (excluding diaryl/α,β-unsaturated/α-hetero) is 2. The molecule has 0 aromatic heterocycles. The van der Waals surface area contributed by atoms with Crippen LogP contribution in [-0.4, -0.2) is 23.8 Å². The Bertz CT molecular complexity index is 416. The van der Waals surface area contributed by atoms with Gasteiger partial charge in [0.15, 0.2) is 0 Å². The van der Waals surface area contributed by atoms with Gasteiger partial charge in [-0.05, 0) is 18.3 Å². The van der Waals surface area contributed by atoms with Crippen LogP contribution in [0.2, 0.25) is 0 Å². The topological polar surface area (TPSA) is 43.4 Å². The Morgan fingerprint density at radius 1 is 1.28 bits per heavy atom. The molecule has 0 spiro atoms. The Morgan fingerprint density at radius 3 is 2.72 bits per heavy atom. The molecule has 1 aliphatic heterocycles. The molecule has 3 heteroatoms. The zero-order valence-corrected chi connectivity index (χ0v) is 11.5. The average molecular weight is 250 g/mol. The largest absolute Gasteiger partial charge is 0.374 e. The number of hydrogen-bond acceptors (Lipinski definition) is 3. The van der Waals surface area contributed by atoms with E-state index in [2.05, 4.69) is 20.8 Å². The van der Waals surface area contributed by atoms with Gasteiger partial charge in [0.2, 0.25) is 0 Å². The lowest BCUT2D eigenvalue weighted by molar-refractivity contribution is -0.253. The van der Waals surface area contributed by atoms with E-state index in [1.54, 1.807) is 0 Å². The summed E-state index contributed by atoms with van der Waals surface area (Å²) in [4.78, 5) is 24.3. The molecule has 3 aliphatic rings. The molecule has 0 amide bonds. The Balaban J connectivity index is 2.12. The molecule has 100 valence electrons. The molecule has 2 aliphatic carbocycles. The maximum absolute atomic E-state index is 12.4. The van der Waals surface area contributed by atoms with Gasteiger partial charge in [-0.2, -0.15) is 0 Å². The van der Waals surface area contributed by atoms with Gasteiger partial charge in [0.05, 0.1) is 12.2 Å². The number of hydrogen-bond donors (Lipinski definition) is 0. The Kier molecular flexibility index (Phi) is 2.51. The molecule has 3 rings (SSSR count). The van der Waals surface area contributed by atoms with Crippen LogP contribution in [-0.2, 0) is 14.3 Å². The van der Waals surface area contributed by atoms with E-state index in [9.17, 15) is 9.59 Å².